The van der Waals surface area contributed by atoms with Crippen LogP contribution >= 0.6 is 0 Å². The maximum Gasteiger partial charge on any atom is 0.239 e. The summed E-state index contributed by atoms with van der Waals surface area (Å²) in [5, 5.41) is 12.6. The number of amides is 1. The number of nitrogens with two attached hydrogens (primary N) is 1. The quantitative estimate of drug-likeness (QED) is 0.709. The van der Waals surface area contributed by atoms with Gasteiger partial charge in [-0.2, -0.15) is 0 Å². The standard InChI is InChI=1S/C13H20N2O3/c1-8(2)7-15-12(13(14)17)9-4-5-10(16)11(6-9)18-3/h4-6,8,12,15-16H,7H2,1-3H3,(H2,14,17). The molecule has 100 valence electrons. The molecule has 5 heteroatoms. The molecule has 0 radical (unpaired) electrons. The van der Waals surface area contributed by atoms with Crippen molar-refractivity contribution in [3.8, 4) is 11.5 Å². The van der Waals surface area contributed by atoms with Gasteiger partial charge in [0, 0.05) is 0 Å². The fourth-order valence-corrected chi connectivity index (χ4v) is 1.61. The first-order valence-corrected chi connectivity index (χ1v) is 5.85. The lowest BCUT2D eigenvalue weighted by Crippen LogP contribution is -2.35. The minimum atomic E-state index is -0.582. The van der Waals surface area contributed by atoms with Gasteiger partial charge in [0.2, 0.25) is 5.91 Å². The van der Waals surface area contributed by atoms with Gasteiger partial charge in [-0.15, -0.1) is 0 Å². The van der Waals surface area contributed by atoms with Crippen molar-refractivity contribution < 1.29 is 14.6 Å². The van der Waals surface area contributed by atoms with Crippen molar-refractivity contribution in [3.05, 3.63) is 23.8 Å². The minimum absolute atomic E-state index is 0.0355. The van der Waals surface area contributed by atoms with Crippen LogP contribution in [0.1, 0.15) is 25.5 Å². The predicted molar refractivity (Wildman–Crippen MR) is 69.4 cm³/mol. The summed E-state index contributed by atoms with van der Waals surface area (Å²) >= 11 is 0. The Bertz CT molecular complexity index is 419. The maximum atomic E-state index is 11.5. The molecule has 1 atom stereocenters. The van der Waals surface area contributed by atoms with Crippen molar-refractivity contribution >= 4 is 5.91 Å². The van der Waals surface area contributed by atoms with Gasteiger partial charge in [0.25, 0.3) is 0 Å². The average Bonchev–Trinajstić information content (AvgIpc) is 2.30. The van der Waals surface area contributed by atoms with E-state index < -0.39 is 11.9 Å². The fraction of sp³-hybridized carbons (Fsp3) is 0.462. The van der Waals surface area contributed by atoms with Crippen LogP contribution in [0.25, 0.3) is 0 Å². The molecule has 0 spiro atoms. The molecule has 0 heterocycles. The summed E-state index contributed by atoms with van der Waals surface area (Å²) in [7, 11) is 1.46. The summed E-state index contributed by atoms with van der Waals surface area (Å²) in [4.78, 5) is 11.5. The Labute approximate surface area is 107 Å². The third kappa shape index (κ3) is 3.63. The number of nitrogens with one attached hydrogen (secondary N) is 1. The van der Waals surface area contributed by atoms with Gasteiger partial charge in [-0.25, -0.2) is 0 Å². The van der Waals surface area contributed by atoms with Crippen LogP contribution in [0.5, 0.6) is 11.5 Å². The molecule has 1 aromatic carbocycles. The van der Waals surface area contributed by atoms with Gasteiger partial charge in [0.15, 0.2) is 11.5 Å². The van der Waals surface area contributed by atoms with E-state index in [9.17, 15) is 9.90 Å². The summed E-state index contributed by atoms with van der Waals surface area (Å²) < 4.78 is 5.01. The van der Waals surface area contributed by atoms with Crippen LogP contribution < -0.4 is 15.8 Å². The zero-order valence-electron chi connectivity index (χ0n) is 10.9. The van der Waals surface area contributed by atoms with Gasteiger partial charge in [-0.1, -0.05) is 19.9 Å². The SMILES string of the molecule is COc1cc(C(NCC(C)C)C(N)=O)ccc1O. The minimum Gasteiger partial charge on any atom is -0.504 e. The first-order valence-electron chi connectivity index (χ1n) is 5.85. The second-order valence-electron chi connectivity index (χ2n) is 4.57. The van der Waals surface area contributed by atoms with Gasteiger partial charge in [-0.3, -0.25) is 4.79 Å². The molecule has 0 aliphatic carbocycles. The summed E-state index contributed by atoms with van der Waals surface area (Å²) in [5.41, 5.74) is 6.06. The first-order chi connectivity index (χ1) is 8.45. The molecule has 0 fully saturated rings. The van der Waals surface area contributed by atoms with Crippen LogP contribution in [0.2, 0.25) is 0 Å². The van der Waals surface area contributed by atoms with Crippen LogP contribution in [0.4, 0.5) is 0 Å². The highest BCUT2D eigenvalue weighted by atomic mass is 16.5. The Morgan fingerprint density at radius 1 is 1.50 bits per heavy atom. The highest BCUT2D eigenvalue weighted by molar-refractivity contribution is 5.81. The van der Waals surface area contributed by atoms with E-state index in [-0.39, 0.29) is 5.75 Å². The number of ether oxygens (including phenoxy) is 1. The molecule has 0 aromatic heterocycles. The van der Waals surface area contributed by atoms with Crippen LogP contribution in [0, 0.1) is 5.92 Å². The summed E-state index contributed by atoms with van der Waals surface area (Å²) in [6.45, 7) is 4.77. The van der Waals surface area contributed by atoms with E-state index in [0.29, 0.717) is 23.8 Å². The van der Waals surface area contributed by atoms with E-state index >= 15 is 0 Å². The number of rotatable bonds is 6. The third-order valence-electron chi connectivity index (χ3n) is 2.55. The van der Waals surface area contributed by atoms with E-state index in [1.165, 1.54) is 13.2 Å². The molecule has 4 N–H and O–H groups in total. The summed E-state index contributed by atoms with van der Waals surface area (Å²) in [6.07, 6.45) is 0. The molecule has 5 nitrogen and oxygen atoms in total. The van der Waals surface area contributed by atoms with E-state index in [0.717, 1.165) is 0 Å². The van der Waals surface area contributed by atoms with Crippen LogP contribution in [-0.4, -0.2) is 24.7 Å². The number of carbonyl (C=O) groups is 1. The molecule has 1 rings (SSSR count). The highest BCUT2D eigenvalue weighted by Gasteiger charge is 2.19. The van der Waals surface area contributed by atoms with Crippen molar-refractivity contribution in [1.29, 1.82) is 0 Å². The topological polar surface area (TPSA) is 84.6 Å². The lowest BCUT2D eigenvalue weighted by atomic mass is 10.0. The van der Waals surface area contributed by atoms with E-state index in [2.05, 4.69) is 5.32 Å². The first kappa shape index (κ1) is 14.3. The third-order valence-corrected chi connectivity index (χ3v) is 2.55. The van der Waals surface area contributed by atoms with Crippen LogP contribution in [0.3, 0.4) is 0 Å². The lowest BCUT2D eigenvalue weighted by molar-refractivity contribution is -0.120. The zero-order chi connectivity index (χ0) is 13.7. The molecule has 0 aliphatic heterocycles. The number of phenolic OH excluding ortho intramolecular Hbond substituents is 1. The largest absolute Gasteiger partial charge is 0.504 e. The average molecular weight is 252 g/mol. The predicted octanol–water partition coefficient (Wildman–Crippen LogP) is 1.17. The van der Waals surface area contributed by atoms with Crippen LogP contribution in [-0.2, 0) is 4.79 Å². The highest BCUT2D eigenvalue weighted by Crippen LogP contribution is 2.28. The smallest absolute Gasteiger partial charge is 0.239 e. The Morgan fingerprint density at radius 2 is 2.17 bits per heavy atom. The van der Waals surface area contributed by atoms with Gasteiger partial charge >= 0.3 is 0 Å². The Balaban J connectivity index is 2.95. The molecule has 1 aromatic rings. The Morgan fingerprint density at radius 3 is 2.67 bits per heavy atom. The number of carbonyl (C=O) groups excluding carboxylic acids is 1. The number of primary amides is 1. The second kappa shape index (κ2) is 6.26. The molecular formula is C13H20N2O3. The van der Waals surface area contributed by atoms with E-state index in [4.69, 9.17) is 10.5 Å². The Hall–Kier alpha value is -1.75. The molecule has 0 saturated carbocycles. The monoisotopic (exact) mass is 252 g/mol. The number of hydrogen-bond donors (Lipinski definition) is 3. The number of methoxy groups -OCH3 is 1. The van der Waals surface area contributed by atoms with Gasteiger partial charge in [-0.05, 0) is 30.2 Å². The van der Waals surface area contributed by atoms with Crippen molar-refractivity contribution in [1.82, 2.24) is 5.32 Å². The van der Waals surface area contributed by atoms with Gasteiger partial charge < -0.3 is 20.9 Å². The molecule has 1 amide bonds. The van der Waals surface area contributed by atoms with E-state index in [1.807, 2.05) is 13.8 Å². The summed E-state index contributed by atoms with van der Waals surface area (Å²) in [6, 6.07) is 4.17. The summed E-state index contributed by atoms with van der Waals surface area (Å²) in [5.74, 6) is 0.313. The lowest BCUT2D eigenvalue weighted by Gasteiger charge is -2.18. The molecule has 0 saturated heterocycles. The van der Waals surface area contributed by atoms with Crippen LogP contribution in [0.15, 0.2) is 18.2 Å². The molecule has 0 aliphatic rings. The molecule has 1 unspecified atom stereocenters. The molecule has 0 bridgehead atoms. The molecule has 18 heavy (non-hydrogen) atoms. The number of aromatic hydroxyl groups is 1. The number of phenols is 1. The zero-order valence-corrected chi connectivity index (χ0v) is 10.9. The number of hydrogen-bond acceptors (Lipinski definition) is 4. The van der Waals surface area contributed by atoms with Crippen molar-refractivity contribution in [2.75, 3.05) is 13.7 Å². The van der Waals surface area contributed by atoms with Crippen molar-refractivity contribution in [2.45, 2.75) is 19.9 Å². The second-order valence-corrected chi connectivity index (χ2v) is 4.57. The van der Waals surface area contributed by atoms with Crippen molar-refractivity contribution in [2.24, 2.45) is 11.7 Å². The molecular weight excluding hydrogens is 232 g/mol. The fourth-order valence-electron chi connectivity index (χ4n) is 1.61. The normalized spacial score (nSPS) is 12.4. The van der Waals surface area contributed by atoms with Gasteiger partial charge in [0.05, 0.1) is 7.11 Å². The van der Waals surface area contributed by atoms with E-state index in [1.54, 1.807) is 12.1 Å². The number of benzene rings is 1. The van der Waals surface area contributed by atoms with Gasteiger partial charge in [0.1, 0.15) is 6.04 Å². The maximum absolute atomic E-state index is 11.5. The Kier molecular flexibility index (Phi) is 4.97. The van der Waals surface area contributed by atoms with Crippen molar-refractivity contribution in [3.63, 3.8) is 0 Å².